The fourth-order valence-corrected chi connectivity index (χ4v) is 3.04. The second-order valence-corrected chi connectivity index (χ2v) is 5.40. The molecule has 1 saturated carbocycles. The third kappa shape index (κ3) is 2.15. The Morgan fingerprint density at radius 3 is 2.71 bits per heavy atom. The number of rotatable bonds is 2. The van der Waals surface area contributed by atoms with Gasteiger partial charge in [-0.15, -0.1) is 0 Å². The fraction of sp³-hybridized carbons (Fsp3) is 0.467. The van der Waals surface area contributed by atoms with Crippen molar-refractivity contribution in [1.82, 2.24) is 14.5 Å². The number of pyridine rings is 1. The Hall–Kier alpha value is -2.42. The van der Waals surface area contributed by atoms with Crippen LogP contribution in [0.5, 0.6) is 0 Å². The smallest absolute Gasteiger partial charge is 0.270 e. The van der Waals surface area contributed by atoms with E-state index in [0.29, 0.717) is 11.6 Å². The van der Waals surface area contributed by atoms with Crippen LogP contribution in [0.2, 0.25) is 0 Å². The quantitative estimate of drug-likeness (QED) is 0.912. The lowest BCUT2D eigenvalue weighted by Crippen LogP contribution is -2.27. The van der Waals surface area contributed by atoms with E-state index in [9.17, 15) is 10.1 Å². The summed E-state index contributed by atoms with van der Waals surface area (Å²) in [6, 6.07) is 3.74. The van der Waals surface area contributed by atoms with Gasteiger partial charge >= 0.3 is 0 Å². The topological polar surface area (TPSA) is 83.6 Å². The Bertz CT molecular complexity index is 796. The van der Waals surface area contributed by atoms with Gasteiger partial charge < -0.3 is 5.32 Å². The van der Waals surface area contributed by atoms with E-state index in [4.69, 9.17) is 0 Å². The summed E-state index contributed by atoms with van der Waals surface area (Å²) in [5.74, 6) is 0.496. The standard InChI is InChI=1S/C15H17N5O/c1-9-12-7-10(8-16)14(21)20(11-5-3-4-6-11)13(12)19-15(17-2)18-9/h7,11H,3-6H2,1-2H3,(H,17,18,19). The monoisotopic (exact) mass is 283 g/mol. The van der Waals surface area contributed by atoms with E-state index in [1.54, 1.807) is 17.7 Å². The molecule has 108 valence electrons. The first-order valence-electron chi connectivity index (χ1n) is 7.17. The summed E-state index contributed by atoms with van der Waals surface area (Å²) in [5, 5.41) is 12.9. The minimum Gasteiger partial charge on any atom is -0.357 e. The molecule has 0 amide bonds. The summed E-state index contributed by atoms with van der Waals surface area (Å²) in [6.07, 6.45) is 4.14. The maximum Gasteiger partial charge on any atom is 0.270 e. The number of fused-ring (bicyclic) bond motifs is 1. The molecule has 0 unspecified atom stereocenters. The minimum atomic E-state index is -0.239. The van der Waals surface area contributed by atoms with E-state index in [-0.39, 0.29) is 17.2 Å². The summed E-state index contributed by atoms with van der Waals surface area (Å²) >= 11 is 0. The zero-order valence-electron chi connectivity index (χ0n) is 12.2. The molecule has 0 bridgehead atoms. The van der Waals surface area contributed by atoms with Crippen molar-refractivity contribution in [3.63, 3.8) is 0 Å². The van der Waals surface area contributed by atoms with Gasteiger partial charge in [-0.1, -0.05) is 12.8 Å². The van der Waals surface area contributed by atoms with Crippen molar-refractivity contribution in [2.75, 3.05) is 12.4 Å². The molecule has 0 saturated heterocycles. The second kappa shape index (κ2) is 5.17. The van der Waals surface area contributed by atoms with Crippen molar-refractivity contribution in [2.45, 2.75) is 38.6 Å². The fourth-order valence-electron chi connectivity index (χ4n) is 3.04. The van der Waals surface area contributed by atoms with E-state index >= 15 is 0 Å². The van der Waals surface area contributed by atoms with Crippen LogP contribution in [-0.4, -0.2) is 21.6 Å². The average Bonchev–Trinajstić information content (AvgIpc) is 3.00. The number of nitrogens with one attached hydrogen (secondary N) is 1. The predicted octanol–water partition coefficient (Wildman–Crippen LogP) is 2.13. The summed E-state index contributed by atoms with van der Waals surface area (Å²) in [6.45, 7) is 1.87. The van der Waals surface area contributed by atoms with Crippen molar-refractivity contribution < 1.29 is 0 Å². The number of nitrogens with zero attached hydrogens (tertiary/aromatic N) is 4. The molecule has 1 fully saturated rings. The van der Waals surface area contributed by atoms with E-state index in [1.165, 1.54) is 0 Å². The highest BCUT2D eigenvalue weighted by Gasteiger charge is 2.23. The third-order valence-corrected chi connectivity index (χ3v) is 4.12. The Morgan fingerprint density at radius 2 is 2.10 bits per heavy atom. The molecule has 0 aromatic carbocycles. The van der Waals surface area contributed by atoms with E-state index in [1.807, 2.05) is 13.0 Å². The Morgan fingerprint density at radius 1 is 1.38 bits per heavy atom. The van der Waals surface area contributed by atoms with Gasteiger partial charge in [0.05, 0.1) is 5.69 Å². The van der Waals surface area contributed by atoms with Gasteiger partial charge in [0.1, 0.15) is 17.3 Å². The molecule has 1 aliphatic rings. The lowest BCUT2D eigenvalue weighted by Gasteiger charge is -2.17. The Balaban J connectivity index is 2.40. The largest absolute Gasteiger partial charge is 0.357 e. The molecule has 1 aliphatic carbocycles. The zero-order chi connectivity index (χ0) is 15.0. The average molecular weight is 283 g/mol. The molecule has 6 heteroatoms. The first-order valence-corrected chi connectivity index (χ1v) is 7.17. The highest BCUT2D eigenvalue weighted by molar-refractivity contribution is 5.80. The van der Waals surface area contributed by atoms with E-state index in [0.717, 1.165) is 36.8 Å². The van der Waals surface area contributed by atoms with Crippen molar-refractivity contribution in [3.05, 3.63) is 27.7 Å². The SMILES string of the molecule is CNc1nc(C)c2cc(C#N)c(=O)n(C3CCCC3)c2n1. The number of anilines is 1. The van der Waals surface area contributed by atoms with Gasteiger partial charge in [0.25, 0.3) is 5.56 Å². The first kappa shape index (κ1) is 13.6. The van der Waals surface area contributed by atoms with Crippen molar-refractivity contribution in [2.24, 2.45) is 0 Å². The van der Waals surface area contributed by atoms with Gasteiger partial charge in [0.15, 0.2) is 0 Å². The number of hydrogen-bond donors (Lipinski definition) is 1. The van der Waals surface area contributed by atoms with Crippen LogP contribution in [-0.2, 0) is 0 Å². The highest BCUT2D eigenvalue weighted by atomic mass is 16.1. The van der Waals surface area contributed by atoms with Gasteiger partial charge in [0.2, 0.25) is 5.95 Å². The first-order chi connectivity index (χ1) is 10.2. The normalized spacial score (nSPS) is 15.3. The van der Waals surface area contributed by atoms with E-state index < -0.39 is 0 Å². The molecule has 2 aromatic rings. The van der Waals surface area contributed by atoms with Crippen LogP contribution in [0.1, 0.15) is 43.0 Å². The zero-order valence-corrected chi connectivity index (χ0v) is 12.2. The second-order valence-electron chi connectivity index (χ2n) is 5.40. The number of aromatic nitrogens is 3. The number of nitriles is 1. The molecule has 0 aliphatic heterocycles. The van der Waals surface area contributed by atoms with Crippen molar-refractivity contribution >= 4 is 17.0 Å². The van der Waals surface area contributed by atoms with Gasteiger partial charge in [0, 0.05) is 18.5 Å². The molecular formula is C15H17N5O. The Labute approximate surface area is 122 Å². The molecule has 0 radical (unpaired) electrons. The van der Waals surface area contributed by atoms with Crippen LogP contribution < -0.4 is 10.9 Å². The molecule has 0 atom stereocenters. The van der Waals surface area contributed by atoms with Gasteiger partial charge in [-0.05, 0) is 25.8 Å². The summed E-state index contributed by atoms with van der Waals surface area (Å²) in [4.78, 5) is 21.4. The summed E-state index contributed by atoms with van der Waals surface area (Å²) in [7, 11) is 1.75. The predicted molar refractivity (Wildman–Crippen MR) is 80.3 cm³/mol. The number of hydrogen-bond acceptors (Lipinski definition) is 5. The van der Waals surface area contributed by atoms with E-state index in [2.05, 4.69) is 15.3 Å². The van der Waals surface area contributed by atoms with Crippen LogP contribution in [0.3, 0.4) is 0 Å². The summed E-state index contributed by atoms with van der Waals surface area (Å²) < 4.78 is 1.70. The minimum absolute atomic E-state index is 0.132. The molecule has 6 nitrogen and oxygen atoms in total. The van der Waals surface area contributed by atoms with Gasteiger partial charge in [-0.25, -0.2) is 4.98 Å². The molecule has 3 rings (SSSR count). The van der Waals surface area contributed by atoms with Crippen LogP contribution in [0.25, 0.3) is 11.0 Å². The van der Waals surface area contributed by atoms with Gasteiger partial charge in [-0.3, -0.25) is 9.36 Å². The van der Waals surface area contributed by atoms with Crippen molar-refractivity contribution in [3.8, 4) is 6.07 Å². The highest BCUT2D eigenvalue weighted by Crippen LogP contribution is 2.31. The van der Waals surface area contributed by atoms with Crippen LogP contribution >= 0.6 is 0 Å². The maximum absolute atomic E-state index is 12.6. The lowest BCUT2D eigenvalue weighted by molar-refractivity contribution is 0.515. The lowest BCUT2D eigenvalue weighted by atomic mass is 10.1. The maximum atomic E-state index is 12.6. The molecule has 2 heterocycles. The summed E-state index contributed by atoms with van der Waals surface area (Å²) in [5.41, 5.74) is 1.32. The van der Waals surface area contributed by atoms with Crippen LogP contribution in [0.4, 0.5) is 5.95 Å². The van der Waals surface area contributed by atoms with Crippen molar-refractivity contribution in [1.29, 1.82) is 5.26 Å². The molecule has 1 N–H and O–H groups in total. The third-order valence-electron chi connectivity index (χ3n) is 4.12. The van der Waals surface area contributed by atoms with Gasteiger partial charge in [-0.2, -0.15) is 10.2 Å². The van der Waals surface area contributed by atoms with Crippen LogP contribution in [0.15, 0.2) is 10.9 Å². The Kier molecular flexibility index (Phi) is 3.34. The molecule has 21 heavy (non-hydrogen) atoms. The number of aryl methyl sites for hydroxylation is 1. The molecule has 2 aromatic heterocycles. The molecular weight excluding hydrogens is 266 g/mol. The van der Waals surface area contributed by atoms with Crippen LogP contribution in [0, 0.1) is 18.3 Å². The molecule has 0 spiro atoms.